The Kier molecular flexibility index (Phi) is 4.60. The van der Waals surface area contributed by atoms with E-state index in [1.165, 1.54) is 0 Å². The molecule has 3 rings (SSSR count). The Hall–Kier alpha value is -1.93. The van der Waals surface area contributed by atoms with Gasteiger partial charge in [0, 0.05) is 13.6 Å². The molecule has 1 aliphatic heterocycles. The maximum Gasteiger partial charge on any atom is 0.318 e. The first-order valence-corrected chi connectivity index (χ1v) is 9.77. The molecule has 0 radical (unpaired) electrons. The molecule has 7 nitrogen and oxygen atoms in total. The molecule has 0 amide bonds. The molecule has 1 aromatic heterocycles. The van der Waals surface area contributed by atoms with Crippen molar-refractivity contribution in [1.82, 2.24) is 14.5 Å². The monoisotopic (exact) mass is 351 g/mol. The first kappa shape index (κ1) is 16.9. The molecule has 1 unspecified atom stereocenters. The van der Waals surface area contributed by atoms with Crippen LogP contribution in [0, 0.1) is 0 Å². The Balaban J connectivity index is 1.78. The zero-order valence-corrected chi connectivity index (χ0v) is 14.4. The smallest absolute Gasteiger partial charge is 0.318 e. The van der Waals surface area contributed by atoms with Crippen LogP contribution in [0.25, 0.3) is 11.0 Å². The van der Waals surface area contributed by atoms with Gasteiger partial charge in [0.1, 0.15) is 11.6 Å². The Morgan fingerprint density at radius 3 is 2.83 bits per heavy atom. The average Bonchev–Trinajstić information content (AvgIpc) is 3.09. The molecule has 1 aliphatic rings. The number of sulfone groups is 1. The van der Waals surface area contributed by atoms with Crippen molar-refractivity contribution in [3.05, 3.63) is 30.1 Å². The summed E-state index contributed by atoms with van der Waals surface area (Å²) in [6, 6.07) is 7.98. The molecule has 24 heavy (non-hydrogen) atoms. The Labute approximate surface area is 140 Å². The maximum atomic E-state index is 11.8. The van der Waals surface area contributed by atoms with Gasteiger partial charge in [-0.15, -0.1) is 0 Å². The van der Waals surface area contributed by atoms with Gasteiger partial charge in [-0.3, -0.25) is 9.69 Å². The van der Waals surface area contributed by atoms with E-state index in [2.05, 4.69) is 9.47 Å². The van der Waals surface area contributed by atoms with E-state index in [1.54, 1.807) is 0 Å². The summed E-state index contributed by atoms with van der Waals surface area (Å²) in [7, 11) is -1.60. The largest absolute Gasteiger partial charge is 0.480 e. The number of likely N-dealkylation sites (tertiary alicyclic amines) is 1. The fourth-order valence-electron chi connectivity index (χ4n) is 3.37. The van der Waals surface area contributed by atoms with Crippen LogP contribution in [-0.4, -0.2) is 58.5 Å². The van der Waals surface area contributed by atoms with Crippen molar-refractivity contribution in [2.45, 2.75) is 18.9 Å². The van der Waals surface area contributed by atoms with Gasteiger partial charge >= 0.3 is 5.97 Å². The molecule has 1 fully saturated rings. The van der Waals surface area contributed by atoms with E-state index in [-0.39, 0.29) is 11.8 Å². The molecule has 0 aliphatic carbocycles. The summed E-state index contributed by atoms with van der Waals surface area (Å²) in [4.78, 5) is 17.4. The number of benzene rings is 1. The van der Waals surface area contributed by atoms with E-state index >= 15 is 0 Å². The van der Waals surface area contributed by atoms with Crippen LogP contribution in [0.1, 0.15) is 24.7 Å². The van der Waals surface area contributed by atoms with Crippen LogP contribution < -0.4 is 0 Å². The van der Waals surface area contributed by atoms with Crippen molar-refractivity contribution in [2.24, 2.45) is 7.05 Å². The van der Waals surface area contributed by atoms with Gasteiger partial charge in [0.05, 0.1) is 22.8 Å². The topological polar surface area (TPSA) is 92.5 Å². The number of para-hydroxylation sites is 2. The lowest BCUT2D eigenvalue weighted by Gasteiger charge is -2.23. The van der Waals surface area contributed by atoms with Crippen LogP contribution >= 0.6 is 0 Å². The second-order valence-electron chi connectivity index (χ2n) is 6.20. The fraction of sp³-hybridized carbons (Fsp3) is 0.500. The summed E-state index contributed by atoms with van der Waals surface area (Å²) in [6.45, 7) is 1.14. The summed E-state index contributed by atoms with van der Waals surface area (Å²) in [5.74, 6) is -1.31. The van der Waals surface area contributed by atoms with Crippen molar-refractivity contribution < 1.29 is 18.3 Å². The number of aromatic nitrogens is 2. The number of carboxylic acid groups (broad SMARTS) is 1. The number of nitrogens with zero attached hydrogens (tertiary/aromatic N) is 3. The van der Waals surface area contributed by atoms with Crippen LogP contribution in [0.15, 0.2) is 24.3 Å². The van der Waals surface area contributed by atoms with Crippen molar-refractivity contribution in [3.63, 3.8) is 0 Å². The van der Waals surface area contributed by atoms with Crippen LogP contribution in [0.3, 0.4) is 0 Å². The minimum atomic E-state index is -3.58. The number of fused-ring (bicyclic) bond motifs is 1. The highest BCUT2D eigenvalue weighted by molar-refractivity contribution is 7.92. The predicted octanol–water partition coefficient (Wildman–Crippen LogP) is 1.21. The molecule has 0 bridgehead atoms. The molecule has 8 heteroatoms. The molecule has 1 aromatic carbocycles. The number of hydrogen-bond donors (Lipinski definition) is 1. The zero-order valence-electron chi connectivity index (χ0n) is 13.6. The third kappa shape index (κ3) is 3.44. The number of carboxylic acids is 1. The van der Waals surface area contributed by atoms with Crippen LogP contribution in [0.4, 0.5) is 0 Å². The minimum Gasteiger partial charge on any atom is -0.480 e. The van der Waals surface area contributed by atoms with Crippen LogP contribution in [0.5, 0.6) is 0 Å². The summed E-state index contributed by atoms with van der Waals surface area (Å²) in [6.07, 6.45) is 1.91. The van der Waals surface area contributed by atoms with Gasteiger partial charge in [-0.1, -0.05) is 12.1 Å². The maximum absolute atomic E-state index is 11.8. The molecule has 0 saturated carbocycles. The van der Waals surface area contributed by atoms with Crippen molar-refractivity contribution in [1.29, 1.82) is 0 Å². The van der Waals surface area contributed by atoms with E-state index in [1.807, 2.05) is 31.3 Å². The van der Waals surface area contributed by atoms with E-state index in [0.717, 1.165) is 36.2 Å². The van der Waals surface area contributed by atoms with Gasteiger partial charge in [-0.2, -0.15) is 0 Å². The van der Waals surface area contributed by atoms with Gasteiger partial charge in [-0.25, -0.2) is 13.4 Å². The van der Waals surface area contributed by atoms with Gasteiger partial charge in [0.15, 0.2) is 9.84 Å². The van der Waals surface area contributed by atoms with Gasteiger partial charge < -0.3 is 9.67 Å². The molecule has 0 spiro atoms. The second-order valence-corrected chi connectivity index (χ2v) is 8.38. The normalized spacial score (nSPS) is 19.1. The lowest BCUT2D eigenvalue weighted by molar-refractivity contribution is -0.134. The minimum absolute atomic E-state index is 0.0717. The molecule has 1 atom stereocenters. The van der Waals surface area contributed by atoms with Crippen molar-refractivity contribution in [3.8, 4) is 0 Å². The molecule has 2 aromatic rings. The third-order valence-electron chi connectivity index (χ3n) is 4.52. The summed E-state index contributed by atoms with van der Waals surface area (Å²) < 4.78 is 25.7. The van der Waals surface area contributed by atoms with Crippen molar-refractivity contribution in [2.75, 3.05) is 24.6 Å². The highest BCUT2D eigenvalue weighted by atomic mass is 32.2. The number of hydrogen-bond acceptors (Lipinski definition) is 5. The lowest BCUT2D eigenvalue weighted by atomic mass is 10.2. The highest BCUT2D eigenvalue weighted by Gasteiger charge is 2.30. The zero-order chi connectivity index (χ0) is 17.3. The predicted molar refractivity (Wildman–Crippen MR) is 90.6 cm³/mol. The average molecular weight is 351 g/mol. The van der Waals surface area contributed by atoms with E-state index in [4.69, 9.17) is 10.1 Å². The van der Waals surface area contributed by atoms with Gasteiger partial charge in [0.2, 0.25) is 0 Å². The summed E-state index contributed by atoms with van der Waals surface area (Å²) in [5.41, 5.74) is 1.98. The van der Waals surface area contributed by atoms with E-state index in [9.17, 15) is 13.2 Å². The van der Waals surface area contributed by atoms with Crippen LogP contribution in [-0.2, 0) is 21.7 Å². The first-order valence-electron chi connectivity index (χ1n) is 7.95. The SMILES string of the molecule is Cn1c(C2CCCN2CCS(=O)(=O)CC(=O)O)nc2ccccc21. The van der Waals surface area contributed by atoms with Gasteiger partial charge in [0.25, 0.3) is 0 Å². The fourth-order valence-corrected chi connectivity index (χ4v) is 4.40. The number of carbonyl (C=O) groups is 1. The molecular formula is C16H21N3O4S. The number of aryl methyl sites for hydroxylation is 1. The quantitative estimate of drug-likeness (QED) is 0.841. The van der Waals surface area contributed by atoms with Crippen LogP contribution in [0.2, 0.25) is 0 Å². The number of aliphatic carboxylic acids is 1. The Morgan fingerprint density at radius 2 is 2.12 bits per heavy atom. The third-order valence-corrected chi connectivity index (χ3v) is 6.01. The van der Waals surface area contributed by atoms with Gasteiger partial charge in [-0.05, 0) is 31.5 Å². The Morgan fingerprint density at radius 1 is 1.38 bits per heavy atom. The van der Waals surface area contributed by atoms with Crippen molar-refractivity contribution >= 4 is 26.8 Å². The Bertz CT molecular complexity index is 859. The summed E-state index contributed by atoms with van der Waals surface area (Å²) in [5, 5.41) is 8.68. The number of rotatable bonds is 6. The molecule has 1 N–H and O–H groups in total. The first-order chi connectivity index (χ1) is 11.4. The van der Waals surface area contributed by atoms with E-state index in [0.29, 0.717) is 6.54 Å². The molecule has 1 saturated heterocycles. The molecule has 2 heterocycles. The summed E-state index contributed by atoms with van der Waals surface area (Å²) >= 11 is 0. The standard InChI is InChI=1S/C16H21N3O4S/c1-18-13-6-3-2-5-12(13)17-16(18)14-7-4-8-19(14)9-10-24(22,23)11-15(20)21/h2-3,5-6,14H,4,7-11H2,1H3,(H,20,21). The molecule has 130 valence electrons. The van der Waals surface area contributed by atoms with E-state index < -0.39 is 21.6 Å². The second kappa shape index (κ2) is 6.52. The lowest BCUT2D eigenvalue weighted by Crippen LogP contribution is -2.32. The molecular weight excluding hydrogens is 330 g/mol. The number of imidazole rings is 1. The highest BCUT2D eigenvalue weighted by Crippen LogP contribution is 2.32.